The Hall–Kier alpha value is -5.46. The van der Waals surface area contributed by atoms with Gasteiger partial charge in [0.2, 0.25) is 33.6 Å². The second-order valence-electron chi connectivity index (χ2n) is 16.9. The minimum absolute atomic E-state index is 0.0611. The van der Waals surface area contributed by atoms with Crippen molar-refractivity contribution in [3.05, 3.63) is 43.1 Å². The van der Waals surface area contributed by atoms with Gasteiger partial charge in [-0.3, -0.25) is 28.8 Å². The van der Waals surface area contributed by atoms with Crippen LogP contribution in [0.25, 0.3) is 10.8 Å². The highest BCUT2D eigenvalue weighted by molar-refractivity contribution is 7.91. The lowest BCUT2D eigenvalue weighted by Gasteiger charge is -2.41. The Balaban J connectivity index is 1.19. The molecule has 0 spiro atoms. The van der Waals surface area contributed by atoms with E-state index in [0.29, 0.717) is 36.8 Å². The molecule has 5 fully saturated rings. The van der Waals surface area contributed by atoms with E-state index in [0.717, 1.165) is 10.3 Å². The Morgan fingerprint density at radius 3 is 2.53 bits per heavy atom. The molecule has 5 aliphatic rings. The van der Waals surface area contributed by atoms with Crippen molar-refractivity contribution in [1.29, 1.82) is 0 Å². The quantitative estimate of drug-likeness (QED) is 0.183. The van der Waals surface area contributed by atoms with E-state index >= 15 is 0 Å². The molecule has 1 aromatic carbocycles. The van der Waals surface area contributed by atoms with Crippen molar-refractivity contribution in [2.24, 2.45) is 5.92 Å². The van der Waals surface area contributed by atoms with Crippen LogP contribution in [0.2, 0.25) is 0 Å². The fourth-order valence-corrected chi connectivity index (χ4v) is 9.92. The number of pyridine rings is 1. The summed E-state index contributed by atoms with van der Waals surface area (Å²) in [6.07, 6.45) is 1.43. The Labute approximate surface area is 341 Å². The van der Waals surface area contributed by atoms with Crippen LogP contribution in [-0.2, 0) is 38.7 Å². The first-order valence-electron chi connectivity index (χ1n) is 19.8. The van der Waals surface area contributed by atoms with Crippen molar-refractivity contribution in [3.63, 3.8) is 0 Å². The molecule has 318 valence electrons. The van der Waals surface area contributed by atoms with Crippen molar-refractivity contribution in [2.75, 3.05) is 20.2 Å². The molecule has 2 bridgehead atoms. The summed E-state index contributed by atoms with van der Waals surface area (Å²) in [6.45, 7) is 8.62. The van der Waals surface area contributed by atoms with Gasteiger partial charge in [-0.1, -0.05) is 6.08 Å². The normalized spacial score (nSPS) is 26.7. The average molecular weight is 839 g/mol. The number of carbonyl (C=O) groups is 6. The largest absolute Gasteiger partial charge is 0.497 e. The molecule has 3 N–H and O–H groups in total. The second-order valence-corrected chi connectivity index (χ2v) is 18.9. The lowest BCUT2D eigenvalue weighted by molar-refractivity contribution is -0.148. The van der Waals surface area contributed by atoms with E-state index in [4.69, 9.17) is 14.2 Å². The number of benzene rings is 1. The maximum absolute atomic E-state index is 15.0. The summed E-state index contributed by atoms with van der Waals surface area (Å²) in [5, 5.41) is 14.0. The van der Waals surface area contributed by atoms with Crippen LogP contribution < -0.4 is 19.5 Å². The van der Waals surface area contributed by atoms with Gasteiger partial charge in [-0.25, -0.2) is 23.0 Å². The van der Waals surface area contributed by atoms with E-state index in [1.807, 2.05) is 0 Å². The molecule has 7 rings (SSSR count). The summed E-state index contributed by atoms with van der Waals surface area (Å²) in [4.78, 5) is 90.2. The Morgan fingerprint density at radius 1 is 1.14 bits per heavy atom. The lowest BCUT2D eigenvalue weighted by atomic mass is 9.97. The fraction of sp³-hybridized carbons (Fsp3) is 0.575. The number of hydrogen-bond acceptors (Lipinski definition) is 12. The number of hydrogen-bond donors (Lipinski definition) is 3. The summed E-state index contributed by atoms with van der Waals surface area (Å²) >= 11 is 0. The summed E-state index contributed by atoms with van der Waals surface area (Å²) in [7, 11) is -2.44. The smallest absolute Gasteiger partial charge is 0.408 e. The molecule has 1 aromatic heterocycles. The zero-order valence-electron chi connectivity index (χ0n) is 33.4. The molecule has 2 aromatic rings. The number of aromatic nitrogens is 1. The third-order valence-corrected chi connectivity index (χ3v) is 13.7. The third-order valence-electron chi connectivity index (χ3n) is 11.9. The van der Waals surface area contributed by atoms with Gasteiger partial charge >= 0.3 is 12.1 Å². The summed E-state index contributed by atoms with van der Waals surface area (Å²) in [5.74, 6) is -3.25. The number of esters is 1. The standard InChI is InChI=1S/C40H50N6O12S/c1-6-23-20-40(23,37(51)43-59(54,55)27-8-9-27)42-33(48)30-19-26(57-34-28-10-7-24(56-5)17-22(28)13-15-41-34)21-45(30)35(49)29(46(38(52)53)39(2,3)4)11-12-32(47)44-16-14-25-18-31(44)36(50)58-25/h6-7,10,13,15,17,23,25-27,29-31H,1,8-9,11-12,14,16,18-21H2,2-5H3,(H,42,48)(H,43,51)(H,52,53)/t23-,25+,26?,29+,30+,31-,40-/m1/s1. The van der Waals surface area contributed by atoms with Crippen LogP contribution >= 0.6 is 0 Å². The molecule has 7 atom stereocenters. The van der Waals surface area contributed by atoms with Crippen LogP contribution in [0, 0.1) is 5.92 Å². The monoisotopic (exact) mass is 838 g/mol. The number of carboxylic acid groups (broad SMARTS) is 1. The first-order valence-corrected chi connectivity index (χ1v) is 21.3. The molecule has 19 heteroatoms. The first kappa shape index (κ1) is 41.7. The molecular formula is C40H50N6O12S. The number of ether oxygens (including phenoxy) is 3. The molecule has 3 saturated heterocycles. The molecular weight excluding hydrogens is 789 g/mol. The van der Waals surface area contributed by atoms with Gasteiger partial charge in [0.15, 0.2) is 0 Å². The zero-order chi connectivity index (χ0) is 42.6. The minimum Gasteiger partial charge on any atom is -0.497 e. The number of nitrogens with zero attached hydrogens (tertiary/aromatic N) is 4. The van der Waals surface area contributed by atoms with Gasteiger partial charge < -0.3 is 34.4 Å². The lowest BCUT2D eigenvalue weighted by Crippen LogP contribution is -2.61. The Bertz CT molecular complexity index is 2190. The number of carbonyl (C=O) groups excluding carboxylic acids is 5. The summed E-state index contributed by atoms with van der Waals surface area (Å²) in [5.41, 5.74) is -2.83. The molecule has 1 unspecified atom stereocenters. The molecule has 59 heavy (non-hydrogen) atoms. The van der Waals surface area contributed by atoms with Crippen LogP contribution in [0.3, 0.4) is 0 Å². The van der Waals surface area contributed by atoms with E-state index < -0.39 is 92.2 Å². The Morgan fingerprint density at radius 2 is 1.88 bits per heavy atom. The van der Waals surface area contributed by atoms with Crippen molar-refractivity contribution >= 4 is 56.5 Å². The molecule has 3 aliphatic heterocycles. The van der Waals surface area contributed by atoms with Gasteiger partial charge in [0, 0.05) is 55.3 Å². The minimum atomic E-state index is -3.98. The SMILES string of the molecule is C=C[C@@H]1C[C@]1(NC(=O)[C@@H]1CC(Oc2nccc3cc(OC)ccc23)CN1C(=O)[C@H](CCC(=O)N1CC[C@H]2C[C@@H]1C(=O)O2)N(C(=O)O)C(C)(C)C)C(=O)NS(=O)(=O)C1CC1. The van der Waals surface area contributed by atoms with Gasteiger partial charge in [-0.05, 0) is 76.1 Å². The highest BCUT2D eigenvalue weighted by Gasteiger charge is 2.62. The predicted octanol–water partition coefficient (Wildman–Crippen LogP) is 2.10. The Kier molecular flexibility index (Phi) is 11.0. The molecule has 18 nitrogen and oxygen atoms in total. The van der Waals surface area contributed by atoms with Crippen LogP contribution in [0.1, 0.15) is 72.1 Å². The van der Waals surface area contributed by atoms with Crippen molar-refractivity contribution in [1.82, 2.24) is 29.7 Å². The molecule has 2 aliphatic carbocycles. The molecule has 4 heterocycles. The maximum Gasteiger partial charge on any atom is 0.408 e. The number of sulfonamides is 1. The molecule has 5 amide bonds. The molecule has 2 saturated carbocycles. The van der Waals surface area contributed by atoms with Crippen LogP contribution in [0.5, 0.6) is 11.6 Å². The van der Waals surface area contributed by atoms with E-state index in [-0.39, 0.29) is 50.8 Å². The van der Waals surface area contributed by atoms with Gasteiger partial charge in [-0.2, -0.15) is 0 Å². The first-order chi connectivity index (χ1) is 27.9. The van der Waals surface area contributed by atoms with Crippen molar-refractivity contribution in [3.8, 4) is 11.6 Å². The number of fused-ring (bicyclic) bond motifs is 3. The highest BCUT2D eigenvalue weighted by atomic mass is 32.2. The van der Waals surface area contributed by atoms with Gasteiger partial charge in [-0.15, -0.1) is 6.58 Å². The highest BCUT2D eigenvalue weighted by Crippen LogP contribution is 2.46. The maximum atomic E-state index is 15.0. The number of methoxy groups -OCH3 is 1. The summed E-state index contributed by atoms with van der Waals surface area (Å²) in [6, 6.07) is 3.47. The topological polar surface area (TPSA) is 231 Å². The number of rotatable bonds is 14. The number of amides is 5. The number of nitrogens with one attached hydrogen (secondary N) is 2. The predicted molar refractivity (Wildman–Crippen MR) is 209 cm³/mol. The summed E-state index contributed by atoms with van der Waals surface area (Å²) < 4.78 is 44.8. The van der Waals surface area contributed by atoms with Gasteiger partial charge in [0.1, 0.15) is 41.6 Å². The average Bonchev–Trinajstić information content (AvgIpc) is 4.10. The van der Waals surface area contributed by atoms with Gasteiger partial charge in [0.05, 0.1) is 18.9 Å². The number of likely N-dealkylation sites (tertiary alicyclic amines) is 2. The van der Waals surface area contributed by atoms with Crippen molar-refractivity contribution < 1.29 is 56.5 Å². The van der Waals surface area contributed by atoms with E-state index in [1.165, 1.54) is 29.2 Å². The third kappa shape index (κ3) is 8.25. The van der Waals surface area contributed by atoms with E-state index in [9.17, 15) is 42.3 Å². The fourth-order valence-electron chi connectivity index (χ4n) is 8.55. The van der Waals surface area contributed by atoms with Gasteiger partial charge in [0.25, 0.3) is 5.91 Å². The van der Waals surface area contributed by atoms with E-state index in [1.54, 1.807) is 45.0 Å². The molecule has 0 radical (unpaired) electrons. The van der Waals surface area contributed by atoms with Crippen LogP contribution in [0.4, 0.5) is 4.79 Å². The van der Waals surface area contributed by atoms with Crippen LogP contribution in [0.15, 0.2) is 43.1 Å². The van der Waals surface area contributed by atoms with Crippen molar-refractivity contribution in [2.45, 2.75) is 119 Å². The van der Waals surface area contributed by atoms with Crippen LogP contribution in [-0.4, -0.2) is 136 Å². The van der Waals surface area contributed by atoms with E-state index in [2.05, 4.69) is 21.6 Å². The number of piperidine rings is 1. The second kappa shape index (κ2) is 15.6. The zero-order valence-corrected chi connectivity index (χ0v) is 34.2.